The second-order valence-corrected chi connectivity index (χ2v) is 8.37. The van der Waals surface area contributed by atoms with E-state index in [4.69, 9.17) is 9.15 Å². The molecule has 1 aromatic heterocycles. The number of hydrogen-bond acceptors (Lipinski definition) is 4. The van der Waals surface area contributed by atoms with E-state index in [-0.39, 0.29) is 18.3 Å². The van der Waals surface area contributed by atoms with Crippen molar-refractivity contribution in [2.75, 3.05) is 18.4 Å². The highest BCUT2D eigenvalue weighted by Crippen LogP contribution is 2.20. The molecule has 3 aromatic rings. The molecule has 0 saturated carbocycles. The average Bonchev–Trinajstić information content (AvgIpc) is 3.23. The van der Waals surface area contributed by atoms with E-state index < -0.39 is 0 Å². The molecule has 0 radical (unpaired) electrons. The number of nitrogens with zero attached hydrogens (tertiary/aromatic N) is 1. The number of piperidine rings is 1. The minimum absolute atomic E-state index is 0.263. The Balaban J connectivity index is 1.30. The molecule has 5 heteroatoms. The van der Waals surface area contributed by atoms with E-state index in [2.05, 4.69) is 28.4 Å². The van der Waals surface area contributed by atoms with Gasteiger partial charge in [-0.3, -0.25) is 9.69 Å². The highest BCUT2D eigenvalue weighted by molar-refractivity contribution is 6.02. The second-order valence-electron chi connectivity index (χ2n) is 8.37. The van der Waals surface area contributed by atoms with E-state index >= 15 is 0 Å². The Morgan fingerprint density at radius 2 is 1.68 bits per heavy atom. The fraction of sp³-hybridized carbons (Fsp3) is 0.346. The molecule has 31 heavy (non-hydrogen) atoms. The normalized spacial score (nSPS) is 14.4. The predicted octanol–water partition coefficient (Wildman–Crippen LogP) is 5.71. The van der Waals surface area contributed by atoms with Crippen LogP contribution in [0.25, 0.3) is 0 Å². The molecule has 1 saturated heterocycles. The number of rotatable bonds is 7. The van der Waals surface area contributed by atoms with Gasteiger partial charge in [0.25, 0.3) is 5.91 Å². The maximum atomic E-state index is 12.5. The number of benzene rings is 2. The summed E-state index contributed by atoms with van der Waals surface area (Å²) in [6.07, 6.45) is 3.91. The summed E-state index contributed by atoms with van der Waals surface area (Å²) < 4.78 is 11.5. The van der Waals surface area contributed by atoms with E-state index in [1.54, 1.807) is 12.1 Å². The van der Waals surface area contributed by atoms with Crippen molar-refractivity contribution in [2.24, 2.45) is 0 Å². The van der Waals surface area contributed by atoms with E-state index in [9.17, 15) is 4.79 Å². The van der Waals surface area contributed by atoms with E-state index in [0.29, 0.717) is 5.76 Å². The zero-order valence-corrected chi connectivity index (χ0v) is 18.3. The van der Waals surface area contributed by atoms with E-state index in [1.807, 2.05) is 38.1 Å². The predicted molar refractivity (Wildman–Crippen MR) is 122 cm³/mol. The Hall–Kier alpha value is -3.05. The molecule has 162 valence electrons. The van der Waals surface area contributed by atoms with Crippen LogP contribution in [0.2, 0.25) is 0 Å². The first-order valence-corrected chi connectivity index (χ1v) is 11.0. The Morgan fingerprint density at radius 1 is 0.968 bits per heavy atom. The maximum Gasteiger partial charge on any atom is 0.291 e. The minimum atomic E-state index is -0.263. The lowest BCUT2D eigenvalue weighted by atomic mass is 10.1. The third kappa shape index (κ3) is 5.98. The Morgan fingerprint density at radius 3 is 2.39 bits per heavy atom. The Labute approximate surface area is 184 Å². The molecule has 0 atom stereocenters. The molecule has 0 spiro atoms. The number of hydrogen-bond donors (Lipinski definition) is 1. The number of nitrogens with one attached hydrogen (secondary N) is 1. The molecule has 4 rings (SSSR count). The highest BCUT2D eigenvalue weighted by atomic mass is 16.5. The fourth-order valence-corrected chi connectivity index (χ4v) is 4.01. The molecule has 0 unspecified atom stereocenters. The SMILES string of the molecule is Cc1cc(C)cc(OCc2ccc(C(=O)Nc3ccc(CN4CCCCC4)cc3)o2)c1. The van der Waals surface area contributed by atoms with Gasteiger partial charge in [-0.2, -0.15) is 0 Å². The van der Waals surface area contributed by atoms with Crippen molar-refractivity contribution >= 4 is 11.6 Å². The lowest BCUT2D eigenvalue weighted by Gasteiger charge is -2.26. The number of ether oxygens (including phenoxy) is 1. The standard InChI is InChI=1S/C26H30N2O3/c1-19-14-20(2)16-24(15-19)30-18-23-10-11-25(31-23)26(29)27-22-8-6-21(7-9-22)17-28-12-4-3-5-13-28/h6-11,14-16H,3-5,12-13,17-18H2,1-2H3,(H,27,29). The van der Waals surface area contributed by atoms with E-state index in [0.717, 1.165) is 29.1 Å². The number of carbonyl (C=O) groups is 1. The minimum Gasteiger partial charge on any atom is -0.486 e. The first-order valence-electron chi connectivity index (χ1n) is 11.0. The van der Waals surface area contributed by atoms with Crippen LogP contribution in [0.15, 0.2) is 59.0 Å². The molecular weight excluding hydrogens is 388 g/mol. The first-order chi connectivity index (χ1) is 15.0. The van der Waals surface area contributed by atoms with Gasteiger partial charge in [0.05, 0.1) is 0 Å². The van der Waals surface area contributed by atoms with Gasteiger partial charge in [0.15, 0.2) is 5.76 Å². The van der Waals surface area contributed by atoms with Crippen molar-refractivity contribution in [1.82, 2.24) is 4.90 Å². The summed E-state index contributed by atoms with van der Waals surface area (Å²) in [5.74, 6) is 1.42. The number of aryl methyl sites for hydroxylation is 2. The highest BCUT2D eigenvalue weighted by Gasteiger charge is 2.13. The van der Waals surface area contributed by atoms with Gasteiger partial charge in [-0.15, -0.1) is 0 Å². The van der Waals surface area contributed by atoms with Crippen molar-refractivity contribution in [3.8, 4) is 5.75 Å². The molecule has 1 fully saturated rings. The zero-order valence-electron chi connectivity index (χ0n) is 18.3. The van der Waals surface area contributed by atoms with Crippen molar-refractivity contribution in [1.29, 1.82) is 0 Å². The molecule has 2 heterocycles. The van der Waals surface area contributed by atoms with Crippen LogP contribution in [0.5, 0.6) is 5.75 Å². The van der Waals surface area contributed by atoms with Crippen molar-refractivity contribution < 1.29 is 13.9 Å². The van der Waals surface area contributed by atoms with Crippen LogP contribution in [-0.4, -0.2) is 23.9 Å². The van der Waals surface area contributed by atoms with Gasteiger partial charge < -0.3 is 14.5 Å². The van der Waals surface area contributed by atoms with Crippen LogP contribution in [-0.2, 0) is 13.2 Å². The third-order valence-electron chi connectivity index (χ3n) is 5.53. The van der Waals surface area contributed by atoms with Crippen molar-refractivity contribution in [2.45, 2.75) is 46.3 Å². The van der Waals surface area contributed by atoms with Gasteiger partial charge in [-0.1, -0.05) is 24.6 Å². The zero-order chi connectivity index (χ0) is 21.6. The van der Waals surface area contributed by atoms with Crippen molar-refractivity contribution in [3.63, 3.8) is 0 Å². The molecular formula is C26H30N2O3. The van der Waals surface area contributed by atoms with Crippen LogP contribution in [0.4, 0.5) is 5.69 Å². The molecule has 1 aliphatic heterocycles. The summed E-state index contributed by atoms with van der Waals surface area (Å²) in [4.78, 5) is 15.0. The van der Waals surface area contributed by atoms with Crippen LogP contribution < -0.4 is 10.1 Å². The Bertz CT molecular complexity index is 997. The summed E-state index contributed by atoms with van der Waals surface area (Å²) >= 11 is 0. The average molecular weight is 419 g/mol. The molecule has 1 aliphatic rings. The third-order valence-corrected chi connectivity index (χ3v) is 5.53. The van der Waals surface area contributed by atoms with Crippen LogP contribution in [0, 0.1) is 13.8 Å². The van der Waals surface area contributed by atoms with Crippen LogP contribution >= 0.6 is 0 Å². The summed E-state index contributed by atoms with van der Waals surface area (Å²) in [6.45, 7) is 7.67. The lowest BCUT2D eigenvalue weighted by Crippen LogP contribution is -2.29. The molecule has 0 aliphatic carbocycles. The van der Waals surface area contributed by atoms with E-state index in [1.165, 1.54) is 37.9 Å². The van der Waals surface area contributed by atoms with Gasteiger partial charge >= 0.3 is 0 Å². The van der Waals surface area contributed by atoms with Gasteiger partial charge in [0.2, 0.25) is 0 Å². The summed E-state index contributed by atoms with van der Waals surface area (Å²) in [5, 5.41) is 2.90. The topological polar surface area (TPSA) is 54.7 Å². The molecule has 0 bridgehead atoms. The monoisotopic (exact) mass is 418 g/mol. The smallest absolute Gasteiger partial charge is 0.291 e. The largest absolute Gasteiger partial charge is 0.486 e. The van der Waals surface area contributed by atoms with Gasteiger partial charge in [0, 0.05) is 12.2 Å². The number of carbonyl (C=O) groups excluding carboxylic acids is 1. The number of anilines is 1. The maximum absolute atomic E-state index is 12.5. The molecule has 1 amide bonds. The van der Waals surface area contributed by atoms with Crippen LogP contribution in [0.3, 0.4) is 0 Å². The molecule has 2 aromatic carbocycles. The number of furan rings is 1. The second kappa shape index (κ2) is 9.84. The molecule has 5 nitrogen and oxygen atoms in total. The van der Waals surface area contributed by atoms with Gasteiger partial charge in [-0.25, -0.2) is 0 Å². The van der Waals surface area contributed by atoms with Gasteiger partial charge in [0.1, 0.15) is 18.1 Å². The number of amides is 1. The summed E-state index contributed by atoms with van der Waals surface area (Å²) in [5.41, 5.74) is 4.33. The van der Waals surface area contributed by atoms with Crippen molar-refractivity contribution in [3.05, 3.63) is 82.8 Å². The van der Waals surface area contributed by atoms with Crippen LogP contribution in [0.1, 0.15) is 52.3 Å². The summed E-state index contributed by atoms with van der Waals surface area (Å²) in [7, 11) is 0. The fourth-order valence-electron chi connectivity index (χ4n) is 4.01. The molecule has 1 N–H and O–H groups in total. The number of likely N-dealkylation sites (tertiary alicyclic amines) is 1. The summed E-state index contributed by atoms with van der Waals surface area (Å²) in [6, 6.07) is 17.6. The quantitative estimate of drug-likeness (QED) is 0.534. The lowest BCUT2D eigenvalue weighted by molar-refractivity contribution is 0.0992. The first kappa shape index (κ1) is 21.2. The van der Waals surface area contributed by atoms with Gasteiger partial charge in [-0.05, 0) is 92.9 Å². The Kier molecular flexibility index (Phi) is 6.73.